The number of halogens is 1. The number of benzene rings is 2. The van der Waals surface area contributed by atoms with Gasteiger partial charge in [-0.25, -0.2) is 9.18 Å². The zero-order valence-corrected chi connectivity index (χ0v) is 16.8. The van der Waals surface area contributed by atoms with E-state index >= 15 is 0 Å². The van der Waals surface area contributed by atoms with Crippen LogP contribution in [0.5, 0.6) is 0 Å². The summed E-state index contributed by atoms with van der Waals surface area (Å²) in [6.45, 7) is 1.55. The Bertz CT molecular complexity index is 975. The number of ether oxygens (including phenoxy) is 2. The molecule has 1 aliphatic rings. The van der Waals surface area contributed by atoms with Gasteiger partial charge in [0.05, 0.1) is 18.1 Å². The third kappa shape index (κ3) is 5.65. The van der Waals surface area contributed by atoms with Crippen molar-refractivity contribution in [2.24, 2.45) is 5.92 Å². The Hall–Kier alpha value is -3.75. The molecule has 31 heavy (non-hydrogen) atoms. The van der Waals surface area contributed by atoms with Crippen molar-refractivity contribution in [2.45, 2.75) is 13.3 Å². The van der Waals surface area contributed by atoms with Crippen LogP contribution in [0, 0.1) is 11.7 Å². The Morgan fingerprint density at radius 3 is 2.39 bits per heavy atom. The number of hydrogen-bond donors (Lipinski definition) is 1. The Morgan fingerprint density at radius 2 is 1.74 bits per heavy atom. The molecule has 0 aromatic heterocycles. The van der Waals surface area contributed by atoms with E-state index in [2.05, 4.69) is 5.32 Å². The maximum Gasteiger partial charge on any atom is 0.338 e. The molecule has 1 fully saturated rings. The van der Waals surface area contributed by atoms with Crippen LogP contribution in [0.4, 0.5) is 15.8 Å². The van der Waals surface area contributed by atoms with E-state index in [-0.39, 0.29) is 25.5 Å². The van der Waals surface area contributed by atoms with Gasteiger partial charge in [0.1, 0.15) is 5.82 Å². The van der Waals surface area contributed by atoms with Crippen LogP contribution in [0.15, 0.2) is 48.5 Å². The minimum Gasteiger partial charge on any atom is -0.462 e. The van der Waals surface area contributed by atoms with E-state index in [4.69, 9.17) is 9.47 Å². The molecule has 0 bridgehead atoms. The molecule has 1 heterocycles. The number of amides is 2. The lowest BCUT2D eigenvalue weighted by atomic mass is 10.1. The van der Waals surface area contributed by atoms with Gasteiger partial charge in [0.2, 0.25) is 5.91 Å². The number of nitrogens with zero attached hydrogens (tertiary/aromatic N) is 1. The SMILES string of the molecule is CCOC(=O)c1ccc(NC(=O)COC(=O)C2CC(=O)N(c3ccc(F)cc3)C2)cc1. The first-order valence-electron chi connectivity index (χ1n) is 9.67. The van der Waals surface area contributed by atoms with E-state index < -0.39 is 36.2 Å². The highest BCUT2D eigenvalue weighted by molar-refractivity contribution is 6.00. The van der Waals surface area contributed by atoms with Gasteiger partial charge in [-0.3, -0.25) is 14.4 Å². The van der Waals surface area contributed by atoms with Gasteiger partial charge in [-0.05, 0) is 55.5 Å². The molecule has 8 nitrogen and oxygen atoms in total. The Morgan fingerprint density at radius 1 is 1.06 bits per heavy atom. The summed E-state index contributed by atoms with van der Waals surface area (Å²) < 4.78 is 23.0. The summed E-state index contributed by atoms with van der Waals surface area (Å²) in [4.78, 5) is 49.5. The summed E-state index contributed by atoms with van der Waals surface area (Å²) in [6.07, 6.45) is -0.0485. The average Bonchev–Trinajstić information content (AvgIpc) is 3.15. The molecular weight excluding hydrogens is 407 g/mol. The number of esters is 2. The Kier molecular flexibility index (Phi) is 6.96. The lowest BCUT2D eigenvalue weighted by Crippen LogP contribution is -2.28. The minimum absolute atomic E-state index is 0.0485. The van der Waals surface area contributed by atoms with Crippen LogP contribution in [0.25, 0.3) is 0 Å². The molecule has 2 aromatic rings. The van der Waals surface area contributed by atoms with Gasteiger partial charge in [-0.15, -0.1) is 0 Å². The second-order valence-electron chi connectivity index (χ2n) is 6.84. The molecule has 2 amide bonds. The van der Waals surface area contributed by atoms with Crippen molar-refractivity contribution in [3.8, 4) is 0 Å². The van der Waals surface area contributed by atoms with E-state index in [1.54, 1.807) is 6.92 Å². The number of hydrogen-bond acceptors (Lipinski definition) is 6. The van der Waals surface area contributed by atoms with E-state index in [1.807, 2.05) is 0 Å². The van der Waals surface area contributed by atoms with Crippen LogP contribution >= 0.6 is 0 Å². The number of rotatable bonds is 7. The van der Waals surface area contributed by atoms with E-state index in [1.165, 1.54) is 53.4 Å². The molecule has 1 aliphatic heterocycles. The van der Waals surface area contributed by atoms with Gasteiger partial charge < -0.3 is 19.7 Å². The average molecular weight is 428 g/mol. The fourth-order valence-corrected chi connectivity index (χ4v) is 3.09. The van der Waals surface area contributed by atoms with Gasteiger partial charge in [0, 0.05) is 24.3 Å². The zero-order valence-electron chi connectivity index (χ0n) is 16.8. The predicted octanol–water partition coefficient (Wildman–Crippen LogP) is 2.54. The van der Waals surface area contributed by atoms with Crippen LogP contribution in [0.3, 0.4) is 0 Å². The molecule has 3 rings (SSSR count). The number of carbonyl (C=O) groups is 4. The summed E-state index contributed by atoms with van der Waals surface area (Å²) in [6, 6.07) is 11.5. The molecule has 1 N–H and O–H groups in total. The van der Waals surface area contributed by atoms with Crippen LogP contribution in [0.1, 0.15) is 23.7 Å². The third-order valence-electron chi connectivity index (χ3n) is 4.62. The standard InChI is InChI=1S/C22H21FN2O6/c1-2-30-21(28)14-3-7-17(8-4-14)24-19(26)13-31-22(29)15-11-20(27)25(12-15)18-9-5-16(23)6-10-18/h3-10,15H,2,11-13H2,1H3,(H,24,26). The summed E-state index contributed by atoms with van der Waals surface area (Å²) >= 11 is 0. The second-order valence-corrected chi connectivity index (χ2v) is 6.84. The maximum atomic E-state index is 13.1. The monoisotopic (exact) mass is 428 g/mol. The molecule has 162 valence electrons. The zero-order chi connectivity index (χ0) is 22.4. The summed E-state index contributed by atoms with van der Waals surface area (Å²) in [7, 11) is 0. The number of anilines is 2. The number of carbonyl (C=O) groups excluding carboxylic acids is 4. The highest BCUT2D eigenvalue weighted by Crippen LogP contribution is 2.26. The molecule has 9 heteroatoms. The van der Waals surface area contributed by atoms with Gasteiger partial charge in [0.15, 0.2) is 6.61 Å². The smallest absolute Gasteiger partial charge is 0.338 e. The van der Waals surface area contributed by atoms with Crippen LogP contribution in [0.2, 0.25) is 0 Å². The molecule has 0 radical (unpaired) electrons. The van der Waals surface area contributed by atoms with Crippen LogP contribution in [-0.2, 0) is 23.9 Å². The van der Waals surface area contributed by atoms with E-state index in [0.717, 1.165) is 0 Å². The van der Waals surface area contributed by atoms with Crippen molar-refractivity contribution in [3.05, 3.63) is 59.9 Å². The minimum atomic E-state index is -0.714. The van der Waals surface area contributed by atoms with Crippen molar-refractivity contribution < 1.29 is 33.0 Å². The maximum absolute atomic E-state index is 13.1. The van der Waals surface area contributed by atoms with Crippen molar-refractivity contribution in [1.29, 1.82) is 0 Å². The quantitative estimate of drug-likeness (QED) is 0.680. The summed E-state index contributed by atoms with van der Waals surface area (Å²) in [5.74, 6) is -3.10. The molecule has 1 atom stereocenters. The van der Waals surface area contributed by atoms with Gasteiger partial charge >= 0.3 is 11.9 Å². The fourth-order valence-electron chi connectivity index (χ4n) is 3.09. The first-order valence-corrected chi connectivity index (χ1v) is 9.67. The van der Waals surface area contributed by atoms with Crippen molar-refractivity contribution >= 4 is 35.1 Å². The largest absolute Gasteiger partial charge is 0.462 e. The Labute approximate surface area is 177 Å². The lowest BCUT2D eigenvalue weighted by molar-refractivity contribution is -0.151. The highest BCUT2D eigenvalue weighted by Gasteiger charge is 2.36. The number of nitrogens with one attached hydrogen (secondary N) is 1. The van der Waals surface area contributed by atoms with Gasteiger partial charge in [-0.1, -0.05) is 0 Å². The van der Waals surface area contributed by atoms with Crippen molar-refractivity contribution in [3.63, 3.8) is 0 Å². The molecule has 1 unspecified atom stereocenters. The Balaban J connectivity index is 1.48. The molecule has 0 aliphatic carbocycles. The first kappa shape index (κ1) is 21.9. The summed E-state index contributed by atoms with van der Waals surface area (Å²) in [5.41, 5.74) is 1.27. The summed E-state index contributed by atoms with van der Waals surface area (Å²) in [5, 5.41) is 2.55. The first-order chi connectivity index (χ1) is 14.9. The lowest BCUT2D eigenvalue weighted by Gasteiger charge is -2.16. The molecular formula is C22H21FN2O6. The van der Waals surface area contributed by atoms with E-state index in [9.17, 15) is 23.6 Å². The van der Waals surface area contributed by atoms with Gasteiger partial charge in [0.25, 0.3) is 5.91 Å². The molecule has 0 saturated carbocycles. The fraction of sp³-hybridized carbons (Fsp3) is 0.273. The third-order valence-corrected chi connectivity index (χ3v) is 4.62. The van der Waals surface area contributed by atoms with E-state index in [0.29, 0.717) is 16.9 Å². The van der Waals surface area contributed by atoms with Gasteiger partial charge in [-0.2, -0.15) is 0 Å². The van der Waals surface area contributed by atoms with Crippen LogP contribution < -0.4 is 10.2 Å². The topological polar surface area (TPSA) is 102 Å². The molecule has 2 aromatic carbocycles. The van der Waals surface area contributed by atoms with Crippen molar-refractivity contribution in [1.82, 2.24) is 0 Å². The molecule has 1 saturated heterocycles. The van der Waals surface area contributed by atoms with Crippen molar-refractivity contribution in [2.75, 3.05) is 30.0 Å². The normalized spacial score (nSPS) is 15.5. The highest BCUT2D eigenvalue weighted by atomic mass is 19.1. The van der Waals surface area contributed by atoms with Crippen LogP contribution in [-0.4, -0.2) is 43.5 Å². The molecule has 0 spiro atoms. The predicted molar refractivity (Wildman–Crippen MR) is 109 cm³/mol. The second kappa shape index (κ2) is 9.84.